The van der Waals surface area contributed by atoms with Crippen LogP contribution in [-0.4, -0.2) is 46.6 Å². The highest BCUT2D eigenvalue weighted by molar-refractivity contribution is 8.01. The minimum Gasteiger partial charge on any atom is -0.301 e. The molecule has 0 N–H and O–H groups in total. The zero-order valence-electron chi connectivity index (χ0n) is 9.07. The molecule has 0 aromatic carbocycles. The molecule has 0 bridgehead atoms. The second kappa shape index (κ2) is 4.66. The van der Waals surface area contributed by atoms with E-state index in [-0.39, 0.29) is 5.25 Å². The fourth-order valence-electron chi connectivity index (χ4n) is 2.18. The second-order valence-electron chi connectivity index (χ2n) is 4.41. The molecule has 0 aliphatic carbocycles. The Labute approximate surface area is 94.6 Å². The van der Waals surface area contributed by atoms with Gasteiger partial charge in [-0.2, -0.15) is 0 Å². The average molecular weight is 227 g/mol. The molecule has 0 saturated carbocycles. The number of carbonyl (C=O) groups excluding carboxylic acids is 2. The second-order valence-corrected chi connectivity index (χ2v) is 6.06. The van der Waals surface area contributed by atoms with E-state index < -0.39 is 0 Å². The van der Waals surface area contributed by atoms with Crippen molar-refractivity contribution in [2.45, 2.75) is 36.7 Å². The van der Waals surface area contributed by atoms with Gasteiger partial charge >= 0.3 is 0 Å². The monoisotopic (exact) mass is 227 g/mol. The molecule has 2 heterocycles. The third kappa shape index (κ3) is 2.82. The van der Waals surface area contributed by atoms with E-state index in [1.807, 2.05) is 6.92 Å². The highest BCUT2D eigenvalue weighted by Crippen LogP contribution is 2.31. The van der Waals surface area contributed by atoms with Gasteiger partial charge in [-0.3, -0.25) is 9.59 Å². The van der Waals surface area contributed by atoms with E-state index in [1.54, 1.807) is 11.8 Å². The molecule has 0 radical (unpaired) electrons. The van der Waals surface area contributed by atoms with Crippen molar-refractivity contribution in [3.8, 4) is 0 Å². The lowest BCUT2D eigenvalue weighted by molar-refractivity contribution is -0.121. The lowest BCUT2D eigenvalue weighted by atomic mass is 10.1. The van der Waals surface area contributed by atoms with Gasteiger partial charge in [-0.1, -0.05) is 0 Å². The predicted molar refractivity (Wildman–Crippen MR) is 61.1 cm³/mol. The molecule has 0 aromatic heterocycles. The van der Waals surface area contributed by atoms with E-state index >= 15 is 0 Å². The first kappa shape index (κ1) is 11.1. The third-order valence-corrected chi connectivity index (χ3v) is 4.53. The van der Waals surface area contributed by atoms with Crippen LogP contribution in [0.15, 0.2) is 0 Å². The summed E-state index contributed by atoms with van der Waals surface area (Å²) in [4.78, 5) is 24.8. The van der Waals surface area contributed by atoms with E-state index in [0.717, 1.165) is 26.1 Å². The van der Waals surface area contributed by atoms with Gasteiger partial charge in [0, 0.05) is 44.1 Å². The van der Waals surface area contributed by atoms with Crippen LogP contribution in [0.2, 0.25) is 0 Å². The largest absolute Gasteiger partial charge is 0.301 e. The van der Waals surface area contributed by atoms with Crippen molar-refractivity contribution in [1.29, 1.82) is 0 Å². The molecular formula is C11H17NO2S. The van der Waals surface area contributed by atoms with Crippen molar-refractivity contribution < 1.29 is 9.59 Å². The summed E-state index contributed by atoms with van der Waals surface area (Å²) in [5, 5.41) is 0.641. The van der Waals surface area contributed by atoms with Crippen molar-refractivity contribution in [3.63, 3.8) is 0 Å². The van der Waals surface area contributed by atoms with Crippen LogP contribution in [0.5, 0.6) is 0 Å². The summed E-state index contributed by atoms with van der Waals surface area (Å²) in [7, 11) is 0. The van der Waals surface area contributed by atoms with Gasteiger partial charge in [0.05, 0.1) is 5.25 Å². The Balaban J connectivity index is 1.78. The van der Waals surface area contributed by atoms with Crippen molar-refractivity contribution in [2.24, 2.45) is 0 Å². The van der Waals surface area contributed by atoms with E-state index in [1.165, 1.54) is 0 Å². The zero-order valence-corrected chi connectivity index (χ0v) is 9.89. The Bertz CT molecular complexity index is 270. The Hall–Kier alpha value is -0.350. The van der Waals surface area contributed by atoms with Gasteiger partial charge in [-0.05, 0) is 6.92 Å². The van der Waals surface area contributed by atoms with Crippen LogP contribution in [0, 0.1) is 0 Å². The number of piperidine rings is 1. The molecule has 2 aliphatic rings. The summed E-state index contributed by atoms with van der Waals surface area (Å²) in [6.45, 7) is 4.75. The maximum atomic E-state index is 11.4. The van der Waals surface area contributed by atoms with Crippen molar-refractivity contribution >= 4 is 23.3 Å². The number of hydrogen-bond donors (Lipinski definition) is 0. The van der Waals surface area contributed by atoms with Crippen molar-refractivity contribution in [1.82, 2.24) is 4.90 Å². The van der Waals surface area contributed by atoms with Crippen molar-refractivity contribution in [3.05, 3.63) is 0 Å². The fraction of sp³-hybridized carbons (Fsp3) is 0.818. The lowest BCUT2D eigenvalue weighted by Crippen LogP contribution is -2.37. The quantitative estimate of drug-likeness (QED) is 0.708. The summed E-state index contributed by atoms with van der Waals surface area (Å²) < 4.78 is 0. The first-order valence-corrected chi connectivity index (χ1v) is 6.51. The van der Waals surface area contributed by atoms with Crippen LogP contribution in [-0.2, 0) is 9.59 Å². The number of carbonyl (C=O) groups is 2. The first-order valence-electron chi connectivity index (χ1n) is 5.57. The maximum Gasteiger partial charge on any atom is 0.146 e. The number of hydrogen-bond acceptors (Lipinski definition) is 4. The number of likely N-dealkylation sites (tertiary alicyclic amines) is 1. The van der Waals surface area contributed by atoms with Gasteiger partial charge in [0.1, 0.15) is 11.6 Å². The molecule has 3 nitrogen and oxygen atoms in total. The molecule has 2 atom stereocenters. The smallest absolute Gasteiger partial charge is 0.146 e. The van der Waals surface area contributed by atoms with Gasteiger partial charge in [0.15, 0.2) is 0 Å². The Kier molecular flexibility index (Phi) is 3.46. The van der Waals surface area contributed by atoms with E-state index in [2.05, 4.69) is 4.90 Å². The Morgan fingerprint density at radius 2 is 2.00 bits per heavy atom. The number of rotatable bonds is 2. The standard InChI is InChI=1S/C11H17NO2S/c1-8-11(14)6-10(15-8)7-12-4-2-9(13)3-5-12/h8,10H,2-7H2,1H3. The third-order valence-electron chi connectivity index (χ3n) is 3.15. The SMILES string of the molecule is CC1SC(CN2CCC(=O)CC2)CC1=O. The highest BCUT2D eigenvalue weighted by atomic mass is 32.2. The van der Waals surface area contributed by atoms with Crippen LogP contribution in [0.3, 0.4) is 0 Å². The number of ketones is 2. The molecule has 0 aromatic rings. The van der Waals surface area contributed by atoms with Crippen LogP contribution in [0.1, 0.15) is 26.2 Å². The summed E-state index contributed by atoms with van der Waals surface area (Å²) >= 11 is 1.79. The minimum absolute atomic E-state index is 0.182. The zero-order chi connectivity index (χ0) is 10.8. The van der Waals surface area contributed by atoms with Crippen molar-refractivity contribution in [2.75, 3.05) is 19.6 Å². The maximum absolute atomic E-state index is 11.4. The van der Waals surface area contributed by atoms with Crippen LogP contribution in [0.4, 0.5) is 0 Å². The Morgan fingerprint density at radius 1 is 1.33 bits per heavy atom. The minimum atomic E-state index is 0.182. The molecule has 15 heavy (non-hydrogen) atoms. The molecule has 2 aliphatic heterocycles. The van der Waals surface area contributed by atoms with Gasteiger partial charge in [0.2, 0.25) is 0 Å². The molecule has 2 saturated heterocycles. The first-order chi connectivity index (χ1) is 7.15. The number of Topliss-reactive ketones (excluding diaryl/α,β-unsaturated/α-hetero) is 2. The summed E-state index contributed by atoms with van der Waals surface area (Å²) in [6, 6.07) is 0. The molecule has 2 unspecified atom stereocenters. The molecule has 0 spiro atoms. The molecule has 2 fully saturated rings. The highest BCUT2D eigenvalue weighted by Gasteiger charge is 2.31. The van der Waals surface area contributed by atoms with Crippen LogP contribution >= 0.6 is 11.8 Å². The fourth-order valence-corrected chi connectivity index (χ4v) is 3.57. The normalized spacial score (nSPS) is 33.7. The van der Waals surface area contributed by atoms with Crippen LogP contribution < -0.4 is 0 Å². The summed E-state index contributed by atoms with van der Waals surface area (Å²) in [6.07, 6.45) is 2.11. The number of nitrogens with zero attached hydrogens (tertiary/aromatic N) is 1. The van der Waals surface area contributed by atoms with E-state index in [0.29, 0.717) is 29.7 Å². The lowest BCUT2D eigenvalue weighted by Gasteiger charge is -2.27. The van der Waals surface area contributed by atoms with E-state index in [9.17, 15) is 9.59 Å². The molecule has 84 valence electrons. The predicted octanol–water partition coefficient (Wildman–Crippen LogP) is 1.11. The molecule has 0 amide bonds. The molecular weight excluding hydrogens is 210 g/mol. The van der Waals surface area contributed by atoms with Gasteiger partial charge in [-0.25, -0.2) is 0 Å². The summed E-state index contributed by atoms with van der Waals surface area (Å²) in [5.41, 5.74) is 0. The van der Waals surface area contributed by atoms with Crippen LogP contribution in [0.25, 0.3) is 0 Å². The topological polar surface area (TPSA) is 37.4 Å². The molecule has 2 rings (SSSR count). The molecule has 4 heteroatoms. The number of thioether (sulfide) groups is 1. The van der Waals surface area contributed by atoms with Gasteiger partial charge in [-0.15, -0.1) is 11.8 Å². The summed E-state index contributed by atoms with van der Waals surface area (Å²) in [5.74, 6) is 0.771. The van der Waals surface area contributed by atoms with Gasteiger partial charge < -0.3 is 4.90 Å². The Morgan fingerprint density at radius 3 is 2.53 bits per heavy atom. The average Bonchev–Trinajstić information content (AvgIpc) is 2.50. The van der Waals surface area contributed by atoms with Gasteiger partial charge in [0.25, 0.3) is 0 Å². The van der Waals surface area contributed by atoms with E-state index in [4.69, 9.17) is 0 Å².